The van der Waals surface area contributed by atoms with Crippen LogP contribution in [-0.4, -0.2) is 27.8 Å². The van der Waals surface area contributed by atoms with Crippen LogP contribution in [0.5, 0.6) is 5.75 Å². The van der Waals surface area contributed by atoms with Crippen molar-refractivity contribution in [3.63, 3.8) is 0 Å². The van der Waals surface area contributed by atoms with E-state index in [1.54, 1.807) is 11.8 Å². The van der Waals surface area contributed by atoms with Crippen molar-refractivity contribution in [3.8, 4) is 10.9 Å². The number of fused-ring (bicyclic) bond motifs is 1. The highest BCUT2D eigenvalue weighted by Gasteiger charge is 2.13. The number of aromatic nitrogens is 3. The van der Waals surface area contributed by atoms with Crippen LogP contribution in [0.25, 0.3) is 15.3 Å². The van der Waals surface area contributed by atoms with Gasteiger partial charge in [0.25, 0.3) is 0 Å². The third-order valence-corrected chi connectivity index (χ3v) is 3.89. The summed E-state index contributed by atoms with van der Waals surface area (Å²) in [5.41, 5.74) is 1.69. The van der Waals surface area contributed by atoms with E-state index in [-0.39, 0.29) is 5.91 Å². The molecule has 6 nitrogen and oxygen atoms in total. The van der Waals surface area contributed by atoms with Crippen molar-refractivity contribution in [3.05, 3.63) is 30.0 Å². The molecule has 21 heavy (non-hydrogen) atoms. The standard InChI is InChI=1S/C14H14N4O2S/c1-8-6-13(15-9(2)19)18(17-8)14-16-11-5-4-10(20-3)7-12(11)21-14/h4-7H,1-3H3,(H,15,19). The highest BCUT2D eigenvalue weighted by molar-refractivity contribution is 7.20. The highest BCUT2D eigenvalue weighted by atomic mass is 32.1. The molecule has 0 spiro atoms. The van der Waals surface area contributed by atoms with E-state index in [1.807, 2.05) is 31.2 Å². The lowest BCUT2D eigenvalue weighted by Gasteiger charge is -2.03. The molecule has 0 unspecified atom stereocenters. The number of carbonyl (C=O) groups is 1. The smallest absolute Gasteiger partial charge is 0.222 e. The highest BCUT2D eigenvalue weighted by Crippen LogP contribution is 2.29. The lowest BCUT2D eigenvalue weighted by molar-refractivity contribution is -0.114. The van der Waals surface area contributed by atoms with Crippen LogP contribution in [0.15, 0.2) is 24.3 Å². The van der Waals surface area contributed by atoms with Gasteiger partial charge in [-0.2, -0.15) is 9.78 Å². The first-order valence-corrected chi connectivity index (χ1v) is 7.17. The van der Waals surface area contributed by atoms with E-state index in [4.69, 9.17) is 4.74 Å². The van der Waals surface area contributed by atoms with E-state index < -0.39 is 0 Å². The van der Waals surface area contributed by atoms with Crippen LogP contribution in [0.2, 0.25) is 0 Å². The van der Waals surface area contributed by atoms with Gasteiger partial charge in [-0.15, -0.1) is 0 Å². The lowest BCUT2D eigenvalue weighted by Crippen LogP contribution is -2.10. The first kappa shape index (κ1) is 13.6. The number of nitrogens with zero attached hydrogens (tertiary/aromatic N) is 3. The summed E-state index contributed by atoms with van der Waals surface area (Å²) in [5.74, 6) is 1.27. The third kappa shape index (κ3) is 2.59. The van der Waals surface area contributed by atoms with Crippen molar-refractivity contribution in [2.24, 2.45) is 0 Å². The molecule has 0 atom stereocenters. The van der Waals surface area contributed by atoms with Gasteiger partial charge in [0.15, 0.2) is 0 Å². The molecule has 0 aliphatic heterocycles. The second-order valence-corrected chi connectivity index (χ2v) is 5.60. The summed E-state index contributed by atoms with van der Waals surface area (Å²) in [4.78, 5) is 15.8. The molecule has 3 aromatic rings. The number of anilines is 1. The predicted molar refractivity (Wildman–Crippen MR) is 82.3 cm³/mol. The Hall–Kier alpha value is -2.41. The number of carbonyl (C=O) groups excluding carboxylic acids is 1. The summed E-state index contributed by atoms with van der Waals surface area (Å²) < 4.78 is 7.87. The van der Waals surface area contributed by atoms with Crippen molar-refractivity contribution in [1.82, 2.24) is 14.8 Å². The van der Waals surface area contributed by atoms with Gasteiger partial charge in [0, 0.05) is 13.0 Å². The molecule has 2 aromatic heterocycles. The van der Waals surface area contributed by atoms with E-state index in [9.17, 15) is 4.79 Å². The number of nitrogens with one attached hydrogen (secondary N) is 1. The van der Waals surface area contributed by atoms with Crippen LogP contribution in [0.4, 0.5) is 5.82 Å². The number of thiazole rings is 1. The van der Waals surface area contributed by atoms with Crippen molar-refractivity contribution in [2.45, 2.75) is 13.8 Å². The number of ether oxygens (including phenoxy) is 1. The monoisotopic (exact) mass is 302 g/mol. The lowest BCUT2D eigenvalue weighted by atomic mass is 10.3. The molecule has 1 N–H and O–H groups in total. The van der Waals surface area contributed by atoms with E-state index in [0.717, 1.165) is 21.7 Å². The van der Waals surface area contributed by atoms with Crippen molar-refractivity contribution >= 4 is 33.3 Å². The van der Waals surface area contributed by atoms with Gasteiger partial charge in [0.2, 0.25) is 11.0 Å². The van der Waals surface area contributed by atoms with Gasteiger partial charge < -0.3 is 10.1 Å². The number of rotatable bonds is 3. The van der Waals surface area contributed by atoms with E-state index in [1.165, 1.54) is 18.3 Å². The van der Waals surface area contributed by atoms with Gasteiger partial charge in [-0.3, -0.25) is 4.79 Å². The molecule has 2 heterocycles. The normalized spacial score (nSPS) is 10.8. The third-order valence-electron chi connectivity index (χ3n) is 2.90. The average molecular weight is 302 g/mol. The van der Waals surface area contributed by atoms with Gasteiger partial charge in [-0.1, -0.05) is 11.3 Å². The molecular weight excluding hydrogens is 288 g/mol. The van der Waals surface area contributed by atoms with Gasteiger partial charge in [0.05, 0.1) is 23.0 Å². The number of hydrogen-bond donors (Lipinski definition) is 1. The largest absolute Gasteiger partial charge is 0.497 e. The maximum atomic E-state index is 11.3. The SMILES string of the molecule is COc1ccc2nc(-n3nc(C)cc3NC(C)=O)sc2c1. The van der Waals surface area contributed by atoms with E-state index in [0.29, 0.717) is 10.9 Å². The van der Waals surface area contributed by atoms with Crippen LogP contribution >= 0.6 is 11.3 Å². The summed E-state index contributed by atoms with van der Waals surface area (Å²) in [7, 11) is 1.63. The molecule has 0 aliphatic rings. The number of amides is 1. The van der Waals surface area contributed by atoms with Crippen LogP contribution in [0.1, 0.15) is 12.6 Å². The minimum Gasteiger partial charge on any atom is -0.497 e. The fraction of sp³-hybridized carbons (Fsp3) is 0.214. The molecule has 0 radical (unpaired) electrons. The molecule has 0 saturated heterocycles. The van der Waals surface area contributed by atoms with E-state index in [2.05, 4.69) is 15.4 Å². The summed E-state index contributed by atoms with van der Waals surface area (Å²) in [5, 5.41) is 7.86. The second kappa shape index (κ2) is 5.17. The number of methoxy groups -OCH3 is 1. The zero-order chi connectivity index (χ0) is 15.0. The number of aryl methyl sites for hydroxylation is 1. The Balaban J connectivity index is 2.09. The zero-order valence-electron chi connectivity index (χ0n) is 11.9. The fourth-order valence-electron chi connectivity index (χ4n) is 2.03. The van der Waals surface area contributed by atoms with Crippen molar-refractivity contribution < 1.29 is 9.53 Å². The van der Waals surface area contributed by atoms with Crippen LogP contribution in [-0.2, 0) is 4.79 Å². The maximum Gasteiger partial charge on any atom is 0.222 e. The molecule has 108 valence electrons. The van der Waals surface area contributed by atoms with E-state index >= 15 is 0 Å². The predicted octanol–water partition coefficient (Wildman–Crippen LogP) is 2.76. The van der Waals surface area contributed by atoms with Crippen LogP contribution in [0, 0.1) is 6.92 Å². The Morgan fingerprint density at radius 3 is 2.90 bits per heavy atom. The minimum absolute atomic E-state index is 0.140. The topological polar surface area (TPSA) is 69.0 Å². The minimum atomic E-state index is -0.140. The molecule has 0 bridgehead atoms. The zero-order valence-corrected chi connectivity index (χ0v) is 12.7. The molecule has 0 fully saturated rings. The molecular formula is C14H14N4O2S. The Kier molecular flexibility index (Phi) is 3.34. The van der Waals surface area contributed by atoms with Gasteiger partial charge >= 0.3 is 0 Å². The summed E-state index contributed by atoms with van der Waals surface area (Å²) in [6.07, 6.45) is 0. The quantitative estimate of drug-likeness (QED) is 0.807. The van der Waals surface area contributed by atoms with Crippen molar-refractivity contribution in [1.29, 1.82) is 0 Å². The molecule has 7 heteroatoms. The molecule has 0 saturated carbocycles. The molecule has 1 amide bonds. The Bertz CT molecular complexity index is 822. The maximum absolute atomic E-state index is 11.3. The molecule has 1 aromatic carbocycles. The first-order chi connectivity index (χ1) is 10.1. The van der Waals surface area contributed by atoms with Gasteiger partial charge in [0.1, 0.15) is 11.6 Å². The number of benzene rings is 1. The Labute approximate surface area is 125 Å². The fourth-order valence-corrected chi connectivity index (χ4v) is 2.98. The van der Waals surface area contributed by atoms with Crippen LogP contribution in [0.3, 0.4) is 0 Å². The van der Waals surface area contributed by atoms with Gasteiger partial charge in [-0.25, -0.2) is 4.98 Å². The Morgan fingerprint density at radius 1 is 1.38 bits per heavy atom. The summed E-state index contributed by atoms with van der Waals surface area (Å²) in [6.45, 7) is 3.34. The molecule has 0 aliphatic carbocycles. The number of hydrogen-bond acceptors (Lipinski definition) is 5. The van der Waals surface area contributed by atoms with Crippen molar-refractivity contribution in [2.75, 3.05) is 12.4 Å². The first-order valence-electron chi connectivity index (χ1n) is 6.36. The summed E-state index contributed by atoms with van der Waals surface area (Å²) in [6, 6.07) is 7.52. The average Bonchev–Trinajstić information content (AvgIpc) is 3.00. The second-order valence-electron chi connectivity index (χ2n) is 4.59. The van der Waals surface area contributed by atoms with Gasteiger partial charge in [-0.05, 0) is 25.1 Å². The Morgan fingerprint density at radius 2 is 2.19 bits per heavy atom. The summed E-state index contributed by atoms with van der Waals surface area (Å²) >= 11 is 1.49. The molecule has 3 rings (SSSR count). The van der Waals surface area contributed by atoms with Crippen LogP contribution < -0.4 is 10.1 Å².